The molecule has 4 nitrogen and oxygen atoms in total. The standard InChI is InChI=1S/C13H20ClNO3S/c1-19(17)7-6-15-8-13(16)10-18-9-11-2-4-12(14)5-3-11/h2-5,13,15-16H,6-10H2,1H3. The van der Waals surface area contributed by atoms with Gasteiger partial charge in [0.15, 0.2) is 0 Å². The van der Waals surface area contributed by atoms with Crippen molar-refractivity contribution in [2.45, 2.75) is 12.7 Å². The molecule has 2 atom stereocenters. The second-order valence-corrected chi connectivity index (χ2v) is 6.27. The predicted molar refractivity (Wildman–Crippen MR) is 78.9 cm³/mol. The molecule has 0 radical (unpaired) electrons. The summed E-state index contributed by atoms with van der Waals surface area (Å²) >= 11 is 5.78. The molecule has 0 aliphatic carbocycles. The molecule has 108 valence electrons. The van der Waals surface area contributed by atoms with Crippen LogP contribution in [0.25, 0.3) is 0 Å². The normalized spacial score (nSPS) is 14.3. The molecule has 0 aliphatic rings. The smallest absolute Gasteiger partial charge is 0.0897 e. The molecule has 0 heterocycles. The van der Waals surface area contributed by atoms with Crippen molar-refractivity contribution in [1.82, 2.24) is 5.32 Å². The molecular formula is C13H20ClNO3S. The van der Waals surface area contributed by atoms with Gasteiger partial charge in [-0.15, -0.1) is 0 Å². The van der Waals surface area contributed by atoms with Gasteiger partial charge < -0.3 is 15.2 Å². The Morgan fingerprint density at radius 2 is 2.11 bits per heavy atom. The van der Waals surface area contributed by atoms with Crippen molar-refractivity contribution in [1.29, 1.82) is 0 Å². The average Bonchev–Trinajstić information content (AvgIpc) is 2.37. The Hall–Kier alpha value is -0.460. The van der Waals surface area contributed by atoms with Crippen LogP contribution >= 0.6 is 11.6 Å². The molecule has 0 bridgehead atoms. The number of nitrogens with one attached hydrogen (secondary N) is 1. The minimum absolute atomic E-state index is 0.269. The first-order valence-corrected chi connectivity index (χ1v) is 8.19. The first kappa shape index (κ1) is 16.6. The van der Waals surface area contributed by atoms with Gasteiger partial charge in [-0.3, -0.25) is 4.21 Å². The van der Waals surface area contributed by atoms with Crippen LogP contribution in [0.5, 0.6) is 0 Å². The lowest BCUT2D eigenvalue weighted by Gasteiger charge is -2.12. The fourth-order valence-electron chi connectivity index (χ4n) is 1.44. The summed E-state index contributed by atoms with van der Waals surface area (Å²) in [6, 6.07) is 7.40. The number of aliphatic hydroxyl groups excluding tert-OH is 1. The summed E-state index contributed by atoms with van der Waals surface area (Å²) in [6.07, 6.45) is 1.10. The van der Waals surface area contributed by atoms with E-state index in [4.69, 9.17) is 16.3 Å². The van der Waals surface area contributed by atoms with Crippen LogP contribution in [0, 0.1) is 0 Å². The van der Waals surface area contributed by atoms with Crippen molar-refractivity contribution in [3.8, 4) is 0 Å². The minimum atomic E-state index is -0.799. The summed E-state index contributed by atoms with van der Waals surface area (Å²) in [5, 5.41) is 13.4. The van der Waals surface area contributed by atoms with Crippen LogP contribution < -0.4 is 5.32 Å². The van der Waals surface area contributed by atoms with Crippen LogP contribution in [0.15, 0.2) is 24.3 Å². The highest BCUT2D eigenvalue weighted by Crippen LogP contribution is 2.10. The molecule has 0 fully saturated rings. The molecular weight excluding hydrogens is 286 g/mol. The van der Waals surface area contributed by atoms with E-state index in [2.05, 4.69) is 5.32 Å². The molecule has 0 aromatic heterocycles. The molecule has 19 heavy (non-hydrogen) atoms. The van der Waals surface area contributed by atoms with Crippen molar-refractivity contribution in [2.75, 3.05) is 31.7 Å². The van der Waals surface area contributed by atoms with Crippen LogP contribution in [0.3, 0.4) is 0 Å². The third-order valence-electron chi connectivity index (χ3n) is 2.44. The lowest BCUT2D eigenvalue weighted by molar-refractivity contribution is 0.0291. The number of halogens is 1. The highest BCUT2D eigenvalue weighted by molar-refractivity contribution is 7.84. The van der Waals surface area contributed by atoms with E-state index in [1.54, 1.807) is 6.26 Å². The third-order valence-corrected chi connectivity index (χ3v) is 3.47. The monoisotopic (exact) mass is 305 g/mol. The highest BCUT2D eigenvalue weighted by Gasteiger charge is 2.04. The van der Waals surface area contributed by atoms with Crippen molar-refractivity contribution >= 4 is 22.4 Å². The molecule has 1 aromatic rings. The number of rotatable bonds is 9. The summed E-state index contributed by atoms with van der Waals surface area (Å²) in [5.74, 6) is 0.596. The number of aliphatic hydroxyl groups is 1. The Balaban J connectivity index is 2.08. The van der Waals surface area contributed by atoms with Crippen LogP contribution in [0.1, 0.15) is 5.56 Å². The number of benzene rings is 1. The molecule has 1 rings (SSSR count). The van der Waals surface area contributed by atoms with E-state index in [-0.39, 0.29) is 6.61 Å². The SMILES string of the molecule is CS(=O)CCNCC(O)COCc1ccc(Cl)cc1. The van der Waals surface area contributed by atoms with Crippen molar-refractivity contribution in [3.63, 3.8) is 0 Å². The van der Waals surface area contributed by atoms with Gasteiger partial charge in [-0.05, 0) is 17.7 Å². The molecule has 0 amide bonds. The Morgan fingerprint density at radius 1 is 1.42 bits per heavy atom. The Kier molecular flexibility index (Phi) is 8.25. The van der Waals surface area contributed by atoms with E-state index >= 15 is 0 Å². The van der Waals surface area contributed by atoms with Crippen LogP contribution in [-0.4, -0.2) is 47.1 Å². The van der Waals surface area contributed by atoms with E-state index in [0.717, 1.165) is 5.56 Å². The van der Waals surface area contributed by atoms with Crippen molar-refractivity contribution in [3.05, 3.63) is 34.9 Å². The Morgan fingerprint density at radius 3 is 2.74 bits per heavy atom. The zero-order chi connectivity index (χ0) is 14.1. The largest absolute Gasteiger partial charge is 0.389 e. The molecule has 0 saturated heterocycles. The maximum atomic E-state index is 10.8. The molecule has 0 aliphatic heterocycles. The van der Waals surface area contributed by atoms with Gasteiger partial charge in [-0.2, -0.15) is 0 Å². The summed E-state index contributed by atoms with van der Waals surface area (Å²) in [6.45, 7) is 1.80. The average molecular weight is 306 g/mol. The molecule has 2 N–H and O–H groups in total. The minimum Gasteiger partial charge on any atom is -0.389 e. The maximum absolute atomic E-state index is 10.8. The number of hydrogen-bond donors (Lipinski definition) is 2. The van der Waals surface area contributed by atoms with Gasteiger partial charge >= 0.3 is 0 Å². The third kappa shape index (κ3) is 8.34. The molecule has 6 heteroatoms. The fourth-order valence-corrected chi connectivity index (χ4v) is 1.99. The highest BCUT2D eigenvalue weighted by atomic mass is 35.5. The van der Waals surface area contributed by atoms with Crippen molar-refractivity contribution in [2.24, 2.45) is 0 Å². The van der Waals surface area contributed by atoms with Crippen LogP contribution in [-0.2, 0) is 22.1 Å². The van der Waals surface area contributed by atoms with Crippen LogP contribution in [0.2, 0.25) is 5.02 Å². The zero-order valence-corrected chi connectivity index (χ0v) is 12.5. The van der Waals surface area contributed by atoms with Crippen LogP contribution in [0.4, 0.5) is 0 Å². The lowest BCUT2D eigenvalue weighted by Crippen LogP contribution is -2.32. The molecule has 2 unspecified atom stereocenters. The van der Waals surface area contributed by atoms with Gasteiger partial charge in [0.1, 0.15) is 0 Å². The maximum Gasteiger partial charge on any atom is 0.0897 e. The van der Waals surface area contributed by atoms with Gasteiger partial charge in [0, 0.05) is 40.9 Å². The van der Waals surface area contributed by atoms with E-state index in [1.807, 2.05) is 24.3 Å². The number of ether oxygens (including phenoxy) is 1. The summed E-state index contributed by atoms with van der Waals surface area (Å²) in [7, 11) is -0.799. The van der Waals surface area contributed by atoms with Crippen molar-refractivity contribution < 1.29 is 14.1 Å². The molecule has 0 spiro atoms. The topological polar surface area (TPSA) is 58.6 Å². The van der Waals surface area contributed by atoms with E-state index < -0.39 is 16.9 Å². The summed E-state index contributed by atoms with van der Waals surface area (Å²) < 4.78 is 16.2. The lowest BCUT2D eigenvalue weighted by atomic mass is 10.2. The first-order chi connectivity index (χ1) is 9.08. The predicted octanol–water partition coefficient (Wildman–Crippen LogP) is 1.19. The van der Waals surface area contributed by atoms with E-state index in [1.165, 1.54) is 0 Å². The van der Waals surface area contributed by atoms with Gasteiger partial charge in [0.25, 0.3) is 0 Å². The number of hydrogen-bond acceptors (Lipinski definition) is 4. The van der Waals surface area contributed by atoms with E-state index in [0.29, 0.717) is 30.5 Å². The quantitative estimate of drug-likeness (QED) is 0.673. The molecule has 1 aromatic carbocycles. The zero-order valence-electron chi connectivity index (χ0n) is 11.0. The van der Waals surface area contributed by atoms with Gasteiger partial charge in [0.05, 0.1) is 19.3 Å². The second-order valence-electron chi connectivity index (χ2n) is 4.28. The fraction of sp³-hybridized carbons (Fsp3) is 0.538. The summed E-state index contributed by atoms with van der Waals surface area (Å²) in [4.78, 5) is 0. The second kappa shape index (κ2) is 9.44. The van der Waals surface area contributed by atoms with Gasteiger partial charge in [-0.1, -0.05) is 23.7 Å². The van der Waals surface area contributed by atoms with Gasteiger partial charge in [0.2, 0.25) is 0 Å². The first-order valence-electron chi connectivity index (χ1n) is 6.09. The van der Waals surface area contributed by atoms with E-state index in [9.17, 15) is 9.32 Å². The molecule has 0 saturated carbocycles. The summed E-state index contributed by atoms with van der Waals surface area (Å²) in [5.41, 5.74) is 1.02. The Bertz CT molecular complexity index is 386. The van der Waals surface area contributed by atoms with Gasteiger partial charge in [-0.25, -0.2) is 0 Å². The Labute approximate surface area is 121 Å².